The van der Waals surface area contributed by atoms with Gasteiger partial charge in [-0.2, -0.15) is 0 Å². The van der Waals surface area contributed by atoms with Crippen LogP contribution < -0.4 is 0 Å². The number of hydrogen-bond donors (Lipinski definition) is 1. The molecule has 1 N–H and O–H groups in total. The molecule has 4 atom stereocenters. The maximum atomic E-state index is 13.1. The number of ether oxygens (including phenoxy) is 3. The number of carbonyl (C=O) groups excluding carboxylic acids is 7. The first-order valence-electron chi connectivity index (χ1n) is 20.3. The molecule has 0 aromatic heterocycles. The Labute approximate surface area is 372 Å². The predicted octanol–water partition coefficient (Wildman–Crippen LogP) is 9.56. The Balaban J connectivity index is 0.000000364. The lowest BCUT2D eigenvalue weighted by Gasteiger charge is -2.43. The van der Waals surface area contributed by atoms with Crippen molar-refractivity contribution in [3.63, 3.8) is 0 Å². The monoisotopic (exact) mass is 910 g/mol. The van der Waals surface area contributed by atoms with Crippen molar-refractivity contribution in [2.75, 3.05) is 14.1 Å². The van der Waals surface area contributed by atoms with Crippen LogP contribution in [0.3, 0.4) is 0 Å². The maximum absolute atomic E-state index is 13.1. The van der Waals surface area contributed by atoms with E-state index in [2.05, 4.69) is 0 Å². The average molecular weight is 912 g/mol. The number of halogens is 3. The minimum absolute atomic E-state index is 0.0149. The van der Waals surface area contributed by atoms with Gasteiger partial charge in [0.15, 0.2) is 17.1 Å². The van der Waals surface area contributed by atoms with Crippen LogP contribution in [0, 0.1) is 0 Å². The highest BCUT2D eigenvalue weighted by atomic mass is 35.5. The fourth-order valence-electron chi connectivity index (χ4n) is 6.99. The zero-order valence-electron chi connectivity index (χ0n) is 35.6. The molecule has 17 heteroatoms. The molecule has 14 nitrogen and oxygen atoms in total. The number of ketones is 4. The summed E-state index contributed by atoms with van der Waals surface area (Å²) in [5.41, 5.74) is -1.83. The molecule has 0 saturated heterocycles. The third-order valence-corrected chi connectivity index (χ3v) is 11.4. The van der Waals surface area contributed by atoms with Gasteiger partial charge in [0.25, 0.3) is 0 Å². The second-order valence-electron chi connectivity index (χ2n) is 14.8. The van der Waals surface area contributed by atoms with E-state index < -0.39 is 47.1 Å². The van der Waals surface area contributed by atoms with Gasteiger partial charge in [0, 0.05) is 67.4 Å². The summed E-state index contributed by atoms with van der Waals surface area (Å²) in [7, 11) is 3.08. The molecule has 2 unspecified atom stereocenters. The van der Waals surface area contributed by atoms with Gasteiger partial charge in [-0.3, -0.25) is 29.0 Å². The number of carboxylic acids is 1. The van der Waals surface area contributed by atoms with Crippen LogP contribution in [0.5, 0.6) is 0 Å². The van der Waals surface area contributed by atoms with Crippen molar-refractivity contribution < 1.29 is 57.7 Å². The van der Waals surface area contributed by atoms with Crippen LogP contribution in [0.1, 0.15) is 129 Å². The third kappa shape index (κ3) is 14.8. The summed E-state index contributed by atoms with van der Waals surface area (Å²) in [4.78, 5) is 96.7. The van der Waals surface area contributed by atoms with Gasteiger partial charge in [0.2, 0.25) is 6.29 Å². The molecule has 61 heavy (non-hydrogen) atoms. The lowest BCUT2D eigenvalue weighted by Crippen LogP contribution is -2.55. The molecular formula is C44H57Cl3N2O12. The lowest BCUT2D eigenvalue weighted by atomic mass is 9.74. The number of carboxylic acid groups (broad SMARTS) is 1. The highest BCUT2D eigenvalue weighted by Crippen LogP contribution is 2.44. The van der Waals surface area contributed by atoms with Gasteiger partial charge in [-0.25, -0.2) is 9.59 Å². The van der Waals surface area contributed by atoms with Gasteiger partial charge >= 0.3 is 24.1 Å². The number of likely N-dealkylation sites (N-methyl/N-ethyl adjacent to an activating group) is 2. The topological polar surface area (TPSA) is 191 Å². The first kappa shape index (κ1) is 52.6. The number of amides is 2. The highest BCUT2D eigenvalue weighted by Gasteiger charge is 2.50. The molecule has 2 saturated carbocycles. The fraction of sp³-hybridized carbons (Fsp3) is 0.545. The molecular weight excluding hydrogens is 855 g/mol. The molecule has 2 amide bonds. The Morgan fingerprint density at radius 3 is 1.44 bits per heavy atom. The number of carbonyl (C=O) groups is 8. The number of aliphatic carboxylic acids is 1. The molecule has 0 spiro atoms. The number of Topliss-reactive ketones (excluding diaryl/α,β-unsaturated/α-hetero) is 4. The normalized spacial score (nSPS) is 19.3. The minimum Gasteiger partial charge on any atom is -0.481 e. The van der Waals surface area contributed by atoms with Gasteiger partial charge in [-0.15, -0.1) is 0 Å². The Morgan fingerprint density at radius 2 is 1.08 bits per heavy atom. The van der Waals surface area contributed by atoms with Crippen molar-refractivity contribution in [2.24, 2.45) is 0 Å². The van der Waals surface area contributed by atoms with Crippen LogP contribution in [-0.2, 0) is 54.1 Å². The van der Waals surface area contributed by atoms with Crippen LogP contribution in [-0.4, -0.2) is 88.1 Å². The summed E-state index contributed by atoms with van der Waals surface area (Å²) in [6, 6.07) is 14.1. The van der Waals surface area contributed by atoms with Gasteiger partial charge < -0.3 is 28.9 Å². The van der Waals surface area contributed by atoms with E-state index in [9.17, 15) is 38.4 Å². The fourth-order valence-corrected chi connectivity index (χ4v) is 7.65. The predicted molar refractivity (Wildman–Crippen MR) is 229 cm³/mol. The Hall–Kier alpha value is -4.53. The van der Waals surface area contributed by atoms with Crippen LogP contribution in [0.4, 0.5) is 9.59 Å². The molecule has 2 aliphatic rings. The molecule has 2 aromatic carbocycles. The van der Waals surface area contributed by atoms with E-state index in [0.29, 0.717) is 53.3 Å². The second-order valence-corrected chi connectivity index (χ2v) is 16.1. The van der Waals surface area contributed by atoms with Crippen molar-refractivity contribution >= 4 is 82.1 Å². The quantitative estimate of drug-likeness (QED) is 0.101. The van der Waals surface area contributed by atoms with Crippen molar-refractivity contribution in [1.82, 2.24) is 9.80 Å². The number of esters is 1. The summed E-state index contributed by atoms with van der Waals surface area (Å²) in [6.45, 7) is 6.28. The largest absolute Gasteiger partial charge is 0.481 e. The standard InChI is InChI=1S/C22H28ClNO6.C17H21Cl2NO3.C5H8O3/c1-4-20(29-19(27)13-12-15(2)25)30-21(28)24(3)22(14-8-7-11-18(22)26)16-9-5-6-10-17(16)23;1-3-15(19)23-16(22)20(2)17(11-7-6-10-14(17)21)12-8-4-5-9-13(12)18;1-4(6)2-3-5(7)8/h5-6,9-10,20H,4,7-8,11-14H2,1-3H3;4-5,8-9,15H,3,6-7,10-11H2,1-2H3;2-3H2,1H3,(H,7,8)/t20?,22-;15?,17-;/m00./s1. The van der Waals surface area contributed by atoms with E-state index in [-0.39, 0.29) is 55.2 Å². The zero-order valence-corrected chi connectivity index (χ0v) is 37.9. The van der Waals surface area contributed by atoms with Crippen LogP contribution in [0.25, 0.3) is 0 Å². The van der Waals surface area contributed by atoms with E-state index in [1.807, 2.05) is 13.0 Å². The lowest BCUT2D eigenvalue weighted by molar-refractivity contribution is -0.171. The van der Waals surface area contributed by atoms with Crippen LogP contribution >= 0.6 is 34.8 Å². The average Bonchev–Trinajstić information content (AvgIpc) is 3.22. The Bertz CT molecular complexity index is 1860. The number of nitrogens with zero attached hydrogens (tertiary/aromatic N) is 2. The van der Waals surface area contributed by atoms with Crippen molar-refractivity contribution in [3.05, 3.63) is 69.7 Å². The molecule has 2 aromatic rings. The number of hydrogen-bond acceptors (Lipinski definition) is 11. The maximum Gasteiger partial charge on any atom is 0.413 e. The summed E-state index contributed by atoms with van der Waals surface area (Å²) in [6.07, 6.45) is 3.18. The van der Waals surface area contributed by atoms with Crippen molar-refractivity contribution in [2.45, 2.75) is 141 Å². The zero-order chi connectivity index (χ0) is 45.9. The molecule has 336 valence electrons. The van der Waals surface area contributed by atoms with E-state index in [1.165, 1.54) is 30.7 Å². The molecule has 0 aliphatic heterocycles. The second kappa shape index (κ2) is 25.4. The van der Waals surface area contributed by atoms with Gasteiger partial charge in [0.05, 0.1) is 12.8 Å². The van der Waals surface area contributed by atoms with E-state index in [4.69, 9.17) is 54.1 Å². The molecule has 0 bridgehead atoms. The van der Waals surface area contributed by atoms with Gasteiger partial charge in [-0.05, 0) is 70.9 Å². The van der Waals surface area contributed by atoms with E-state index in [0.717, 1.165) is 25.7 Å². The molecule has 4 rings (SSSR count). The van der Waals surface area contributed by atoms with Gasteiger partial charge in [-0.1, -0.05) is 85.0 Å². The van der Waals surface area contributed by atoms with Gasteiger partial charge in [0.1, 0.15) is 22.6 Å². The third-order valence-electron chi connectivity index (χ3n) is 10.4. The van der Waals surface area contributed by atoms with Crippen molar-refractivity contribution in [1.29, 1.82) is 0 Å². The van der Waals surface area contributed by atoms with Crippen molar-refractivity contribution in [3.8, 4) is 0 Å². The molecule has 0 radical (unpaired) electrons. The summed E-state index contributed by atoms with van der Waals surface area (Å²) >= 11 is 18.7. The van der Waals surface area contributed by atoms with Crippen LogP contribution in [0.2, 0.25) is 10.0 Å². The first-order valence-corrected chi connectivity index (χ1v) is 21.5. The first-order chi connectivity index (χ1) is 28.8. The Kier molecular flexibility index (Phi) is 21.9. The summed E-state index contributed by atoms with van der Waals surface area (Å²) in [5, 5.41) is 8.88. The number of alkyl halides is 1. The summed E-state index contributed by atoms with van der Waals surface area (Å²) in [5.74, 6) is -1.87. The molecule has 2 aliphatic carbocycles. The minimum atomic E-state index is -1.23. The van der Waals surface area contributed by atoms with E-state index in [1.54, 1.807) is 56.4 Å². The molecule has 2 fully saturated rings. The van der Waals surface area contributed by atoms with E-state index >= 15 is 0 Å². The molecule has 0 heterocycles. The number of rotatable bonds is 15. The number of benzene rings is 2. The summed E-state index contributed by atoms with van der Waals surface area (Å²) < 4.78 is 15.8. The SMILES string of the molecule is CC(=O)CCC(=O)O.CCC(Cl)OC(=O)N(C)[C@]1(c2ccccc2Cl)CCCCC1=O.CCC(OC(=O)CCC(C)=O)OC(=O)N(C)[C@]1(c2ccccc2Cl)CCCCC1=O. The Morgan fingerprint density at radius 1 is 0.656 bits per heavy atom. The highest BCUT2D eigenvalue weighted by molar-refractivity contribution is 6.32. The smallest absolute Gasteiger partial charge is 0.413 e. The van der Waals surface area contributed by atoms with Crippen LogP contribution in [0.15, 0.2) is 48.5 Å².